The van der Waals surface area contributed by atoms with Crippen LogP contribution in [-0.2, 0) is 22.7 Å². The van der Waals surface area contributed by atoms with Crippen LogP contribution in [0.25, 0.3) is 11.3 Å². The summed E-state index contributed by atoms with van der Waals surface area (Å²) < 4.78 is 0.525. The van der Waals surface area contributed by atoms with Crippen LogP contribution in [0.1, 0.15) is 44.8 Å². The van der Waals surface area contributed by atoms with E-state index in [2.05, 4.69) is 36.8 Å². The molecule has 2 aliphatic heterocycles. The van der Waals surface area contributed by atoms with E-state index in [9.17, 15) is 19.2 Å². The highest BCUT2D eigenvalue weighted by atomic mass is 79.9. The van der Waals surface area contributed by atoms with E-state index in [0.717, 1.165) is 16.7 Å². The second-order valence-electron chi connectivity index (χ2n) is 8.35. The number of amides is 4. The molecule has 0 spiro atoms. The number of carbonyl (C=O) groups excluding carboxylic acids is 4. The maximum absolute atomic E-state index is 12.8. The number of aromatic amines is 1. The molecule has 35 heavy (non-hydrogen) atoms. The molecule has 1 saturated heterocycles. The minimum Gasteiger partial charge on any atom is -0.347 e. The van der Waals surface area contributed by atoms with Crippen molar-refractivity contribution in [3.63, 3.8) is 0 Å². The summed E-state index contributed by atoms with van der Waals surface area (Å²) in [7, 11) is 0. The maximum Gasteiger partial charge on any atom is 0.270 e. The molecular weight excluding hydrogens is 538 g/mol. The lowest BCUT2D eigenvalue weighted by atomic mass is 10.0. The molecular formula is C24H19BrClN5O4. The zero-order chi connectivity index (χ0) is 24.7. The monoisotopic (exact) mass is 555 g/mol. The van der Waals surface area contributed by atoms with E-state index in [-0.39, 0.29) is 42.9 Å². The van der Waals surface area contributed by atoms with Gasteiger partial charge in [0, 0.05) is 35.7 Å². The Kier molecular flexibility index (Phi) is 6.16. The summed E-state index contributed by atoms with van der Waals surface area (Å²) in [6.45, 7) is 0.508. The van der Waals surface area contributed by atoms with Crippen LogP contribution in [-0.4, -0.2) is 44.8 Å². The Balaban J connectivity index is 1.26. The first-order valence-corrected chi connectivity index (χ1v) is 12.0. The minimum atomic E-state index is -0.665. The molecule has 3 heterocycles. The number of hydrogen-bond acceptors (Lipinski definition) is 5. The number of fused-ring (bicyclic) bond motifs is 1. The smallest absolute Gasteiger partial charge is 0.270 e. The second-order valence-corrected chi connectivity index (χ2v) is 9.58. The molecule has 1 unspecified atom stereocenters. The molecule has 2 aliphatic rings. The first-order chi connectivity index (χ1) is 16.8. The van der Waals surface area contributed by atoms with E-state index < -0.39 is 11.9 Å². The minimum absolute atomic E-state index is 0.204. The highest BCUT2D eigenvalue weighted by Gasteiger charge is 2.39. The third kappa shape index (κ3) is 4.46. The number of nitrogens with one attached hydrogen (secondary N) is 3. The van der Waals surface area contributed by atoms with Gasteiger partial charge in [0.05, 0.1) is 4.47 Å². The normalized spacial score (nSPS) is 17.4. The molecule has 3 aromatic rings. The van der Waals surface area contributed by atoms with Crippen LogP contribution in [0.3, 0.4) is 0 Å². The maximum atomic E-state index is 12.8. The number of rotatable bonds is 5. The van der Waals surface area contributed by atoms with Crippen LogP contribution >= 0.6 is 27.5 Å². The highest BCUT2D eigenvalue weighted by molar-refractivity contribution is 9.10. The molecule has 4 amide bonds. The number of imide groups is 1. The van der Waals surface area contributed by atoms with Crippen molar-refractivity contribution in [1.29, 1.82) is 0 Å². The standard InChI is InChI=1S/C24H19BrClN5O4/c25-19-20(13-2-1-3-15(26)9-13)29-30-21(19)23(34)27-10-12-4-5-16-14(8-12)11-31(24(16)35)17-6-7-18(32)28-22(17)33/h1-5,8-9,17H,6-7,10-11H2,(H,27,34)(H,29,30)(H,28,32,33). The predicted molar refractivity (Wildman–Crippen MR) is 130 cm³/mol. The van der Waals surface area contributed by atoms with Gasteiger partial charge in [-0.1, -0.05) is 35.9 Å². The molecule has 5 rings (SSSR count). The van der Waals surface area contributed by atoms with Crippen molar-refractivity contribution in [2.75, 3.05) is 0 Å². The Morgan fingerprint density at radius 1 is 1.20 bits per heavy atom. The zero-order valence-corrected chi connectivity index (χ0v) is 20.6. The number of halogens is 2. The van der Waals surface area contributed by atoms with Gasteiger partial charge in [0.2, 0.25) is 11.8 Å². The molecule has 2 aromatic carbocycles. The van der Waals surface area contributed by atoms with E-state index in [4.69, 9.17) is 11.6 Å². The van der Waals surface area contributed by atoms with Crippen molar-refractivity contribution < 1.29 is 19.2 Å². The van der Waals surface area contributed by atoms with Gasteiger partial charge in [0.1, 0.15) is 17.4 Å². The quantitative estimate of drug-likeness (QED) is 0.417. The van der Waals surface area contributed by atoms with Gasteiger partial charge in [-0.15, -0.1) is 0 Å². The van der Waals surface area contributed by atoms with E-state index >= 15 is 0 Å². The van der Waals surface area contributed by atoms with Gasteiger partial charge in [0.15, 0.2) is 0 Å². The zero-order valence-electron chi connectivity index (χ0n) is 18.2. The van der Waals surface area contributed by atoms with E-state index in [1.165, 1.54) is 4.90 Å². The molecule has 3 N–H and O–H groups in total. The molecule has 178 valence electrons. The molecule has 0 saturated carbocycles. The summed E-state index contributed by atoms with van der Waals surface area (Å²) in [5.41, 5.74) is 3.72. The van der Waals surface area contributed by atoms with E-state index in [1.807, 2.05) is 12.1 Å². The fourth-order valence-electron chi connectivity index (χ4n) is 4.31. The third-order valence-electron chi connectivity index (χ3n) is 6.07. The second kappa shape index (κ2) is 9.27. The van der Waals surface area contributed by atoms with Gasteiger partial charge in [-0.2, -0.15) is 5.10 Å². The van der Waals surface area contributed by atoms with Gasteiger partial charge in [-0.05, 0) is 51.7 Å². The van der Waals surface area contributed by atoms with Crippen molar-refractivity contribution in [1.82, 2.24) is 25.7 Å². The lowest BCUT2D eigenvalue weighted by Crippen LogP contribution is -2.52. The summed E-state index contributed by atoms with van der Waals surface area (Å²) in [5, 5.41) is 12.7. The van der Waals surface area contributed by atoms with Crippen molar-refractivity contribution in [2.45, 2.75) is 32.0 Å². The fourth-order valence-corrected chi connectivity index (χ4v) is 5.09. The number of benzene rings is 2. The van der Waals surface area contributed by atoms with E-state index in [0.29, 0.717) is 27.2 Å². The van der Waals surface area contributed by atoms with Crippen LogP contribution in [0.5, 0.6) is 0 Å². The fraction of sp³-hybridized carbons (Fsp3) is 0.208. The van der Waals surface area contributed by atoms with Crippen molar-refractivity contribution >= 4 is 51.2 Å². The highest BCUT2D eigenvalue weighted by Crippen LogP contribution is 2.31. The summed E-state index contributed by atoms with van der Waals surface area (Å²) in [6.07, 6.45) is 0.513. The first-order valence-electron chi connectivity index (χ1n) is 10.9. The Hall–Kier alpha value is -3.50. The Bertz CT molecular complexity index is 1390. The van der Waals surface area contributed by atoms with Crippen molar-refractivity contribution in [3.8, 4) is 11.3 Å². The van der Waals surface area contributed by atoms with Gasteiger partial charge >= 0.3 is 0 Å². The number of carbonyl (C=O) groups is 4. The SMILES string of the molecule is O=C1CCC(N2Cc3cc(CNC(=O)c4[nH]nc(-c5cccc(Cl)c5)c4Br)ccc3C2=O)C(=O)N1. The van der Waals surface area contributed by atoms with Crippen LogP contribution in [0.2, 0.25) is 5.02 Å². The first kappa shape index (κ1) is 23.3. The summed E-state index contributed by atoms with van der Waals surface area (Å²) in [6, 6.07) is 11.8. The van der Waals surface area contributed by atoms with Crippen LogP contribution < -0.4 is 10.6 Å². The van der Waals surface area contributed by atoms with Gasteiger partial charge in [-0.3, -0.25) is 29.6 Å². The van der Waals surface area contributed by atoms with E-state index in [1.54, 1.807) is 30.3 Å². The number of H-pyrrole nitrogens is 1. The Labute approximate surface area is 213 Å². The van der Waals surface area contributed by atoms with Crippen LogP contribution in [0.4, 0.5) is 0 Å². The summed E-state index contributed by atoms with van der Waals surface area (Å²) in [5.74, 6) is -1.35. The van der Waals surface area contributed by atoms with Crippen LogP contribution in [0, 0.1) is 0 Å². The number of hydrogen-bond donors (Lipinski definition) is 3. The largest absolute Gasteiger partial charge is 0.347 e. The molecule has 11 heteroatoms. The van der Waals surface area contributed by atoms with Crippen LogP contribution in [0.15, 0.2) is 46.9 Å². The molecule has 1 aromatic heterocycles. The topological polar surface area (TPSA) is 124 Å². The number of aromatic nitrogens is 2. The van der Waals surface area contributed by atoms with Crippen molar-refractivity contribution in [2.24, 2.45) is 0 Å². The number of piperidine rings is 1. The Morgan fingerprint density at radius 2 is 2.03 bits per heavy atom. The molecule has 0 aliphatic carbocycles. The summed E-state index contributed by atoms with van der Waals surface area (Å²) >= 11 is 9.50. The predicted octanol–water partition coefficient (Wildman–Crippen LogP) is 3.18. The van der Waals surface area contributed by atoms with Gasteiger partial charge in [-0.25, -0.2) is 0 Å². The van der Waals surface area contributed by atoms with Crippen molar-refractivity contribution in [3.05, 3.63) is 74.3 Å². The lowest BCUT2D eigenvalue weighted by molar-refractivity contribution is -0.136. The molecule has 1 fully saturated rings. The average Bonchev–Trinajstić information content (AvgIpc) is 3.37. The molecule has 1 atom stereocenters. The third-order valence-corrected chi connectivity index (χ3v) is 7.08. The Morgan fingerprint density at radius 3 is 2.80 bits per heavy atom. The number of nitrogens with zero attached hydrogens (tertiary/aromatic N) is 2. The van der Waals surface area contributed by atoms with Gasteiger partial charge < -0.3 is 10.2 Å². The summed E-state index contributed by atoms with van der Waals surface area (Å²) in [4.78, 5) is 50.8. The van der Waals surface area contributed by atoms with Gasteiger partial charge in [0.25, 0.3) is 11.8 Å². The molecule has 0 bridgehead atoms. The average molecular weight is 557 g/mol. The molecule has 0 radical (unpaired) electrons. The molecule has 9 nitrogen and oxygen atoms in total. The lowest BCUT2D eigenvalue weighted by Gasteiger charge is -2.29.